The molecular formula is C34H34ClF5N8O3. The van der Waals surface area contributed by atoms with Crippen molar-refractivity contribution < 1.29 is 36.3 Å². The highest BCUT2D eigenvalue weighted by molar-refractivity contribution is 6.32. The number of alkyl halides is 5. The summed E-state index contributed by atoms with van der Waals surface area (Å²) in [6.07, 6.45) is -0.254. The molecule has 2 N–H and O–H groups in total. The van der Waals surface area contributed by atoms with Gasteiger partial charge in [-0.05, 0) is 53.5 Å². The Kier molecular flexibility index (Phi) is 9.19. The van der Waals surface area contributed by atoms with Gasteiger partial charge in [0.05, 0.1) is 41.5 Å². The van der Waals surface area contributed by atoms with E-state index in [0.29, 0.717) is 32.6 Å². The van der Waals surface area contributed by atoms with Gasteiger partial charge in [-0.2, -0.15) is 42.0 Å². The first-order valence-corrected chi connectivity index (χ1v) is 16.3. The average Bonchev–Trinajstić information content (AvgIpc) is 3.38. The monoisotopic (exact) mass is 732 g/mol. The van der Waals surface area contributed by atoms with Crippen LogP contribution in [0.3, 0.4) is 0 Å². The van der Waals surface area contributed by atoms with Crippen molar-refractivity contribution in [3.8, 4) is 16.8 Å². The standard InChI is InChI=1S/C34H34ClF5N8O3/c1-31(2,3)19-33(23-7-4-20(5-8-23)22-16-44-46(17-22)29(36)37)28(50)47(30(41)45-33)26(18-51-27(49)15-32(10-11-32)34(38,39)40)21-6-9-24(35)25(14-21)48-42-12-13-43-48/h4-9,12-14,16-17,26,29H,10-11,15,18-19H2,1-3H3,(H2,41,45)/t26-,33-/m1/s1. The summed E-state index contributed by atoms with van der Waals surface area (Å²) in [5, 5.41) is 12.2. The zero-order valence-electron chi connectivity index (χ0n) is 27.7. The van der Waals surface area contributed by atoms with E-state index in [1.807, 2.05) is 20.8 Å². The fourth-order valence-corrected chi connectivity index (χ4v) is 6.56. The number of ether oxygens (including phenoxy) is 1. The first kappa shape index (κ1) is 35.9. The lowest BCUT2D eigenvalue weighted by atomic mass is 9.75. The number of nitrogens with two attached hydrogens (primary N) is 1. The van der Waals surface area contributed by atoms with Crippen LogP contribution in [0, 0.1) is 10.8 Å². The number of rotatable bonds is 11. The normalized spacial score (nSPS) is 19.4. The molecule has 1 fully saturated rings. The van der Waals surface area contributed by atoms with Crippen LogP contribution in [0.25, 0.3) is 16.8 Å². The van der Waals surface area contributed by atoms with Crippen LogP contribution < -0.4 is 5.73 Å². The molecule has 11 nitrogen and oxygen atoms in total. The Labute approximate surface area is 294 Å². The maximum absolute atomic E-state index is 14.8. The first-order chi connectivity index (χ1) is 23.9. The van der Waals surface area contributed by atoms with Crippen LogP contribution in [0.15, 0.2) is 72.2 Å². The first-order valence-electron chi connectivity index (χ1n) is 15.9. The summed E-state index contributed by atoms with van der Waals surface area (Å²) in [6, 6.07) is 10.1. The third-order valence-electron chi connectivity index (χ3n) is 9.05. The minimum Gasteiger partial charge on any atom is -0.463 e. The Bertz CT molecular complexity index is 1950. The predicted octanol–water partition coefficient (Wildman–Crippen LogP) is 6.98. The Morgan fingerprint density at radius 2 is 1.69 bits per heavy atom. The maximum atomic E-state index is 14.8. The van der Waals surface area contributed by atoms with E-state index in [0.717, 1.165) is 0 Å². The molecule has 4 aromatic rings. The number of aromatic nitrogens is 5. The van der Waals surface area contributed by atoms with Crippen molar-refractivity contribution in [3.63, 3.8) is 0 Å². The molecule has 2 aromatic carbocycles. The fourth-order valence-electron chi connectivity index (χ4n) is 6.37. The number of carbonyl (C=O) groups is 2. The highest BCUT2D eigenvalue weighted by atomic mass is 35.5. The Balaban J connectivity index is 1.38. The van der Waals surface area contributed by atoms with E-state index in [1.54, 1.807) is 36.4 Å². The topological polar surface area (TPSA) is 134 Å². The van der Waals surface area contributed by atoms with Crippen LogP contribution in [0.2, 0.25) is 5.02 Å². The molecule has 6 rings (SSSR count). The summed E-state index contributed by atoms with van der Waals surface area (Å²) in [5.74, 6) is -1.86. The minimum absolute atomic E-state index is 0.169. The SMILES string of the molecule is CC(C)(C)C[C@]1(c2ccc(-c3cnn(C(F)F)c3)cc2)N=C(N)N([C@H](COC(=O)CC2(C(F)(F)F)CC2)c2ccc(Cl)c(-n3nccn3)c2)C1=O. The van der Waals surface area contributed by atoms with Crippen molar-refractivity contribution in [2.45, 2.75) is 70.8 Å². The second kappa shape index (κ2) is 13.0. The zero-order valence-corrected chi connectivity index (χ0v) is 28.5. The molecule has 3 heterocycles. The lowest BCUT2D eigenvalue weighted by Crippen LogP contribution is -2.47. The molecular weight excluding hydrogens is 699 g/mol. The molecule has 1 saturated carbocycles. The molecule has 0 radical (unpaired) electrons. The van der Waals surface area contributed by atoms with Gasteiger partial charge < -0.3 is 10.5 Å². The van der Waals surface area contributed by atoms with Gasteiger partial charge in [-0.3, -0.25) is 14.5 Å². The van der Waals surface area contributed by atoms with Gasteiger partial charge in [0.25, 0.3) is 5.91 Å². The van der Waals surface area contributed by atoms with Crippen molar-refractivity contribution in [1.82, 2.24) is 29.7 Å². The molecule has 2 aliphatic rings. The number of nitrogens with zero attached hydrogens (tertiary/aromatic N) is 7. The summed E-state index contributed by atoms with van der Waals surface area (Å²) in [6.45, 7) is 2.38. The molecule has 17 heteroatoms. The second-order valence-corrected chi connectivity index (χ2v) is 14.4. The minimum atomic E-state index is -4.57. The quantitative estimate of drug-likeness (QED) is 0.130. The van der Waals surface area contributed by atoms with Crippen LogP contribution in [-0.4, -0.2) is 60.3 Å². The van der Waals surface area contributed by atoms with E-state index >= 15 is 0 Å². The molecule has 0 unspecified atom stereocenters. The smallest absolute Gasteiger partial charge is 0.395 e. The molecule has 0 saturated heterocycles. The second-order valence-electron chi connectivity index (χ2n) is 14.0. The van der Waals surface area contributed by atoms with Crippen LogP contribution in [0.1, 0.15) is 70.2 Å². The summed E-state index contributed by atoms with van der Waals surface area (Å²) in [5.41, 5.74) is 4.48. The van der Waals surface area contributed by atoms with E-state index < -0.39 is 60.0 Å². The third-order valence-corrected chi connectivity index (χ3v) is 9.37. The van der Waals surface area contributed by atoms with Gasteiger partial charge >= 0.3 is 18.7 Å². The molecule has 270 valence electrons. The van der Waals surface area contributed by atoms with Gasteiger partial charge in [0.1, 0.15) is 12.3 Å². The molecule has 2 atom stereocenters. The number of halogens is 6. The lowest BCUT2D eigenvalue weighted by Gasteiger charge is -2.35. The van der Waals surface area contributed by atoms with Crippen LogP contribution >= 0.6 is 11.6 Å². The number of benzene rings is 2. The molecule has 0 bridgehead atoms. The Morgan fingerprint density at radius 1 is 1.02 bits per heavy atom. The zero-order chi connectivity index (χ0) is 36.9. The number of carbonyl (C=O) groups excluding carboxylic acids is 2. The van der Waals surface area contributed by atoms with Crippen molar-refractivity contribution in [1.29, 1.82) is 0 Å². The summed E-state index contributed by atoms with van der Waals surface area (Å²) < 4.78 is 73.3. The van der Waals surface area contributed by atoms with Crippen molar-refractivity contribution in [2.75, 3.05) is 6.61 Å². The molecule has 0 spiro atoms. The van der Waals surface area contributed by atoms with E-state index in [1.165, 1.54) is 40.6 Å². The molecule has 1 amide bonds. The molecule has 1 aliphatic heterocycles. The van der Waals surface area contributed by atoms with Gasteiger partial charge in [-0.15, -0.1) is 0 Å². The van der Waals surface area contributed by atoms with Crippen molar-refractivity contribution in [2.24, 2.45) is 21.6 Å². The van der Waals surface area contributed by atoms with Gasteiger partial charge in [-0.1, -0.05) is 62.7 Å². The highest BCUT2D eigenvalue weighted by Gasteiger charge is 2.64. The van der Waals surface area contributed by atoms with Crippen molar-refractivity contribution in [3.05, 3.63) is 83.4 Å². The highest BCUT2D eigenvalue weighted by Crippen LogP contribution is 2.60. The number of aliphatic imine (C=N–C) groups is 1. The van der Waals surface area contributed by atoms with Gasteiger partial charge in [-0.25, -0.2) is 9.67 Å². The molecule has 51 heavy (non-hydrogen) atoms. The maximum Gasteiger partial charge on any atom is 0.395 e. The largest absolute Gasteiger partial charge is 0.463 e. The fraction of sp³-hybridized carbons (Fsp3) is 0.412. The molecule has 2 aromatic heterocycles. The molecule has 1 aliphatic carbocycles. The van der Waals surface area contributed by atoms with Crippen LogP contribution in [-0.2, 0) is 19.9 Å². The lowest BCUT2D eigenvalue weighted by molar-refractivity contribution is -0.195. The van der Waals surface area contributed by atoms with Crippen LogP contribution in [0.4, 0.5) is 22.0 Å². The van der Waals surface area contributed by atoms with E-state index in [2.05, 4.69) is 15.3 Å². The summed E-state index contributed by atoms with van der Waals surface area (Å²) in [4.78, 5) is 34.9. The number of guanidine groups is 1. The van der Waals surface area contributed by atoms with Gasteiger partial charge in [0.2, 0.25) is 0 Å². The number of hydrogen-bond acceptors (Lipinski definition) is 8. The Morgan fingerprint density at radius 3 is 2.25 bits per heavy atom. The summed E-state index contributed by atoms with van der Waals surface area (Å²) >= 11 is 6.47. The van der Waals surface area contributed by atoms with Gasteiger partial charge in [0.15, 0.2) is 11.5 Å². The van der Waals surface area contributed by atoms with E-state index in [9.17, 15) is 31.5 Å². The van der Waals surface area contributed by atoms with Crippen molar-refractivity contribution >= 4 is 29.4 Å². The van der Waals surface area contributed by atoms with Gasteiger partial charge in [0, 0.05) is 11.8 Å². The Hall–Kier alpha value is -4.86. The predicted molar refractivity (Wildman–Crippen MR) is 176 cm³/mol. The third kappa shape index (κ3) is 7.05. The number of esters is 1. The van der Waals surface area contributed by atoms with Crippen LogP contribution in [0.5, 0.6) is 0 Å². The van der Waals surface area contributed by atoms with E-state index in [4.69, 9.17) is 27.1 Å². The van der Waals surface area contributed by atoms with E-state index in [-0.39, 0.29) is 30.2 Å². The summed E-state index contributed by atoms with van der Waals surface area (Å²) in [7, 11) is 0. The number of hydrogen-bond donors (Lipinski definition) is 1. The number of amides is 1. The average molecular weight is 733 g/mol.